The van der Waals surface area contributed by atoms with Crippen LogP contribution in [0.15, 0.2) is 84.9 Å². The number of nitro benzene ring substituents is 1. The molecule has 11 heteroatoms. The quantitative estimate of drug-likeness (QED) is 0.139. The molecule has 3 amide bonds. The van der Waals surface area contributed by atoms with Gasteiger partial charge in [-0.25, -0.2) is 4.79 Å². The second-order valence-corrected chi connectivity index (χ2v) is 9.70. The standard InChI is InChI=1S/C30H25N3O8/c1-18(34)25(30(38)41-17-20-10-6-3-7-11-20)31-24(15-12-19-8-4-2-5-9-19)26(29(31)37)32-27(35)22-14-13-21(33(39)40)16-23(22)28(32)36/h2-16,18,24-26,34H,17H2,1H3/t18-,24?,25?,26?/m1/s1. The van der Waals surface area contributed by atoms with E-state index in [9.17, 15) is 34.4 Å². The maximum atomic E-state index is 13.6. The Morgan fingerprint density at radius 2 is 1.63 bits per heavy atom. The van der Waals surface area contributed by atoms with Crippen molar-refractivity contribution in [1.29, 1.82) is 0 Å². The first-order valence-electron chi connectivity index (χ1n) is 12.8. The molecular formula is C30H25N3O8. The van der Waals surface area contributed by atoms with E-state index in [4.69, 9.17) is 4.74 Å². The van der Waals surface area contributed by atoms with Gasteiger partial charge in [0.15, 0.2) is 6.04 Å². The molecule has 4 atom stereocenters. The Morgan fingerprint density at radius 3 is 2.27 bits per heavy atom. The zero-order valence-electron chi connectivity index (χ0n) is 21.8. The highest BCUT2D eigenvalue weighted by molar-refractivity contribution is 6.23. The smallest absolute Gasteiger partial charge is 0.331 e. The zero-order chi connectivity index (χ0) is 29.3. The zero-order valence-corrected chi connectivity index (χ0v) is 21.8. The first-order chi connectivity index (χ1) is 19.7. The highest BCUT2D eigenvalue weighted by Gasteiger charge is 2.59. The number of β-lactam (4-membered cyclic amide) rings is 1. The van der Waals surface area contributed by atoms with Crippen LogP contribution in [0.5, 0.6) is 0 Å². The van der Waals surface area contributed by atoms with Crippen LogP contribution in [0.3, 0.4) is 0 Å². The summed E-state index contributed by atoms with van der Waals surface area (Å²) in [4.78, 5) is 65.9. The highest BCUT2D eigenvalue weighted by Crippen LogP contribution is 2.37. The van der Waals surface area contributed by atoms with E-state index in [1.165, 1.54) is 13.0 Å². The Balaban J connectivity index is 1.47. The van der Waals surface area contributed by atoms with Crippen molar-refractivity contribution in [2.24, 2.45) is 0 Å². The van der Waals surface area contributed by atoms with Gasteiger partial charge < -0.3 is 14.7 Å². The molecule has 41 heavy (non-hydrogen) atoms. The number of benzene rings is 3. The molecule has 0 radical (unpaired) electrons. The second-order valence-electron chi connectivity index (χ2n) is 9.70. The lowest BCUT2D eigenvalue weighted by atomic mass is 9.88. The normalized spacial score (nSPS) is 19.6. The lowest BCUT2D eigenvalue weighted by molar-refractivity contribution is -0.384. The van der Waals surface area contributed by atoms with E-state index in [0.29, 0.717) is 5.56 Å². The fraction of sp³-hybridized carbons (Fsp3) is 0.200. The Hall–Kier alpha value is -5.16. The van der Waals surface area contributed by atoms with Crippen LogP contribution in [0.1, 0.15) is 38.8 Å². The third kappa shape index (κ3) is 5.10. The molecule has 2 heterocycles. The molecule has 208 valence electrons. The number of hydrogen-bond donors (Lipinski definition) is 1. The van der Waals surface area contributed by atoms with Gasteiger partial charge in [-0.15, -0.1) is 0 Å². The molecule has 1 saturated heterocycles. The van der Waals surface area contributed by atoms with Gasteiger partial charge in [0.05, 0.1) is 28.2 Å². The summed E-state index contributed by atoms with van der Waals surface area (Å²) in [6, 6.07) is 17.5. The monoisotopic (exact) mass is 555 g/mol. The van der Waals surface area contributed by atoms with E-state index in [2.05, 4.69) is 0 Å². The van der Waals surface area contributed by atoms with E-state index in [1.54, 1.807) is 60.7 Å². The maximum Gasteiger partial charge on any atom is 0.331 e. The van der Waals surface area contributed by atoms with Crippen molar-refractivity contribution in [2.75, 3.05) is 0 Å². The highest BCUT2D eigenvalue weighted by atomic mass is 16.6. The summed E-state index contributed by atoms with van der Waals surface area (Å²) in [5.41, 5.74) is 0.842. The van der Waals surface area contributed by atoms with Crippen molar-refractivity contribution in [3.05, 3.63) is 117 Å². The molecule has 3 aromatic rings. The van der Waals surface area contributed by atoms with E-state index in [1.807, 2.05) is 12.1 Å². The number of carbonyl (C=O) groups excluding carboxylic acids is 4. The lowest BCUT2D eigenvalue weighted by Crippen LogP contribution is -2.75. The van der Waals surface area contributed by atoms with Crippen molar-refractivity contribution in [3.8, 4) is 0 Å². The van der Waals surface area contributed by atoms with Crippen LogP contribution in [0.4, 0.5) is 5.69 Å². The molecular weight excluding hydrogens is 530 g/mol. The number of hydrogen-bond acceptors (Lipinski definition) is 8. The summed E-state index contributed by atoms with van der Waals surface area (Å²) in [7, 11) is 0. The first kappa shape index (κ1) is 27.4. The number of nitrogens with zero attached hydrogens (tertiary/aromatic N) is 3. The number of rotatable bonds is 9. The number of imide groups is 1. The third-order valence-corrected chi connectivity index (χ3v) is 7.05. The predicted octanol–water partition coefficient (Wildman–Crippen LogP) is 2.98. The minimum atomic E-state index is -1.43. The van der Waals surface area contributed by atoms with Gasteiger partial charge in [0.1, 0.15) is 12.6 Å². The number of aliphatic hydroxyl groups is 1. The molecule has 0 spiro atoms. The van der Waals surface area contributed by atoms with Gasteiger partial charge in [-0.05, 0) is 24.1 Å². The van der Waals surface area contributed by atoms with Crippen molar-refractivity contribution < 1.29 is 33.9 Å². The number of ether oxygens (including phenoxy) is 1. The SMILES string of the molecule is C[C@@H](O)C(C(=O)OCc1ccccc1)N1C(=O)C(N2C(=O)c3ccc([N+](=O)[O-])cc3C2=O)C1C=Cc1ccccc1. The predicted molar refractivity (Wildman–Crippen MR) is 145 cm³/mol. The fourth-order valence-corrected chi connectivity index (χ4v) is 5.04. The number of fused-ring (bicyclic) bond motifs is 1. The molecule has 0 aliphatic carbocycles. The average Bonchev–Trinajstić information content (AvgIpc) is 3.21. The first-order valence-corrected chi connectivity index (χ1v) is 12.8. The van der Waals surface area contributed by atoms with E-state index in [0.717, 1.165) is 27.5 Å². The van der Waals surface area contributed by atoms with Crippen molar-refractivity contribution >= 4 is 35.5 Å². The molecule has 1 fully saturated rings. The number of aliphatic hydroxyl groups excluding tert-OH is 1. The minimum Gasteiger partial charge on any atom is -0.459 e. The minimum absolute atomic E-state index is 0.0630. The Morgan fingerprint density at radius 1 is 1.00 bits per heavy atom. The van der Waals surface area contributed by atoms with Crippen LogP contribution in [0, 0.1) is 10.1 Å². The van der Waals surface area contributed by atoms with Crippen LogP contribution in [-0.4, -0.2) is 67.7 Å². The summed E-state index contributed by atoms with van der Waals surface area (Å²) >= 11 is 0. The molecule has 5 rings (SSSR count). The molecule has 1 N–H and O–H groups in total. The molecule has 0 bridgehead atoms. The number of amides is 3. The Kier molecular flexibility index (Phi) is 7.45. The molecule has 11 nitrogen and oxygen atoms in total. The molecule has 0 aromatic heterocycles. The van der Waals surface area contributed by atoms with E-state index < -0.39 is 52.8 Å². The topological polar surface area (TPSA) is 147 Å². The van der Waals surface area contributed by atoms with Crippen LogP contribution >= 0.6 is 0 Å². The van der Waals surface area contributed by atoms with E-state index in [-0.39, 0.29) is 23.4 Å². The molecule has 2 aliphatic rings. The van der Waals surface area contributed by atoms with Crippen molar-refractivity contribution in [3.63, 3.8) is 0 Å². The van der Waals surface area contributed by atoms with Crippen LogP contribution in [0.25, 0.3) is 6.08 Å². The van der Waals surface area contributed by atoms with Gasteiger partial charge in [0.25, 0.3) is 17.5 Å². The van der Waals surface area contributed by atoms with Crippen LogP contribution < -0.4 is 0 Å². The Labute approximate surface area is 234 Å². The number of carbonyl (C=O) groups is 4. The summed E-state index contributed by atoms with van der Waals surface area (Å²) in [6.45, 7) is 1.25. The number of likely N-dealkylation sites (tertiary alicyclic amines) is 1. The molecule has 3 unspecified atom stereocenters. The lowest BCUT2D eigenvalue weighted by Gasteiger charge is -2.51. The van der Waals surface area contributed by atoms with Gasteiger partial charge in [0, 0.05) is 12.1 Å². The fourth-order valence-electron chi connectivity index (χ4n) is 5.04. The third-order valence-electron chi connectivity index (χ3n) is 7.05. The second kappa shape index (κ2) is 11.1. The van der Waals surface area contributed by atoms with Gasteiger partial charge in [-0.2, -0.15) is 0 Å². The molecule has 3 aromatic carbocycles. The Bertz CT molecular complexity index is 1550. The number of non-ortho nitro benzene ring substituents is 1. The van der Waals surface area contributed by atoms with Crippen LogP contribution in [0.2, 0.25) is 0 Å². The van der Waals surface area contributed by atoms with Crippen LogP contribution in [-0.2, 0) is 20.9 Å². The largest absolute Gasteiger partial charge is 0.459 e. The maximum absolute atomic E-state index is 13.6. The summed E-state index contributed by atoms with van der Waals surface area (Å²) in [5.74, 6) is -3.24. The van der Waals surface area contributed by atoms with Gasteiger partial charge in [-0.1, -0.05) is 72.8 Å². The average molecular weight is 556 g/mol. The summed E-state index contributed by atoms with van der Waals surface area (Å²) in [5, 5.41) is 21.8. The number of esters is 1. The number of nitro groups is 1. The van der Waals surface area contributed by atoms with Crippen molar-refractivity contribution in [1.82, 2.24) is 9.80 Å². The van der Waals surface area contributed by atoms with Gasteiger partial charge in [0.2, 0.25) is 5.91 Å². The van der Waals surface area contributed by atoms with Gasteiger partial charge in [-0.3, -0.25) is 29.4 Å². The summed E-state index contributed by atoms with van der Waals surface area (Å²) in [6.07, 6.45) is 1.91. The van der Waals surface area contributed by atoms with Gasteiger partial charge >= 0.3 is 5.97 Å². The van der Waals surface area contributed by atoms with Crippen molar-refractivity contribution in [2.45, 2.75) is 37.8 Å². The molecule has 0 saturated carbocycles. The summed E-state index contributed by atoms with van der Waals surface area (Å²) < 4.78 is 5.43. The molecule has 2 aliphatic heterocycles. The van der Waals surface area contributed by atoms with E-state index >= 15 is 0 Å².